The first-order valence-corrected chi connectivity index (χ1v) is 4.99. The fraction of sp³-hybridized carbons (Fsp3) is 0.455. The summed E-state index contributed by atoms with van der Waals surface area (Å²) in [6.07, 6.45) is -4.35. The number of alkyl halides is 3. The van der Waals surface area contributed by atoms with Gasteiger partial charge in [0, 0.05) is 17.5 Å². The molecule has 16 heavy (non-hydrogen) atoms. The monoisotopic (exact) mass is 231 g/mol. The molecule has 1 aromatic carbocycles. The predicted octanol–water partition coefficient (Wildman–Crippen LogP) is 2.53. The lowest BCUT2D eigenvalue weighted by molar-refractivity contribution is -0.138. The summed E-state index contributed by atoms with van der Waals surface area (Å²) in [5.41, 5.74) is 5.24. The second-order valence-electron chi connectivity index (χ2n) is 3.99. The Morgan fingerprint density at radius 3 is 2.69 bits per heavy atom. The average molecular weight is 231 g/mol. The molecule has 0 saturated carbocycles. The van der Waals surface area contributed by atoms with Crippen LogP contribution >= 0.6 is 0 Å². The van der Waals surface area contributed by atoms with Crippen molar-refractivity contribution in [1.82, 2.24) is 0 Å². The molecule has 0 aromatic heterocycles. The van der Waals surface area contributed by atoms with Gasteiger partial charge >= 0.3 is 6.18 Å². The Kier molecular flexibility index (Phi) is 2.58. The third kappa shape index (κ3) is 1.75. The molecule has 1 aromatic rings. The van der Waals surface area contributed by atoms with Crippen molar-refractivity contribution in [2.24, 2.45) is 5.73 Å². The fourth-order valence-corrected chi connectivity index (χ4v) is 1.98. The van der Waals surface area contributed by atoms with Gasteiger partial charge in [-0.15, -0.1) is 0 Å². The van der Waals surface area contributed by atoms with Crippen LogP contribution < -0.4 is 10.5 Å². The van der Waals surface area contributed by atoms with Crippen LogP contribution in [0, 0.1) is 0 Å². The normalized spacial score (nSPS) is 21.4. The Bertz CT molecular complexity index is 401. The summed E-state index contributed by atoms with van der Waals surface area (Å²) in [4.78, 5) is 0. The van der Waals surface area contributed by atoms with Crippen molar-refractivity contribution in [3.05, 3.63) is 29.3 Å². The highest BCUT2D eigenvalue weighted by Gasteiger charge is 2.40. The number of hydrogen-bond acceptors (Lipinski definition) is 2. The second-order valence-corrected chi connectivity index (χ2v) is 3.99. The summed E-state index contributed by atoms with van der Waals surface area (Å²) in [6, 6.07) is 3.62. The number of halogens is 3. The summed E-state index contributed by atoms with van der Waals surface area (Å²) < 4.78 is 43.6. The van der Waals surface area contributed by atoms with Crippen LogP contribution in [0.4, 0.5) is 13.2 Å². The molecule has 2 unspecified atom stereocenters. The standard InChI is InChI=1S/C11H12F3NO/c1-6(15)7-5-16-9-4-2-3-8(10(7)9)11(12,13)14/h2-4,6-7H,5,15H2,1H3. The van der Waals surface area contributed by atoms with E-state index in [0.717, 1.165) is 6.07 Å². The number of fused-ring (bicyclic) bond motifs is 1. The maximum atomic E-state index is 12.8. The van der Waals surface area contributed by atoms with Gasteiger partial charge in [-0.2, -0.15) is 13.2 Å². The predicted molar refractivity (Wildman–Crippen MR) is 53.3 cm³/mol. The van der Waals surface area contributed by atoms with E-state index in [1.165, 1.54) is 6.07 Å². The van der Waals surface area contributed by atoms with Crippen LogP contribution in [-0.2, 0) is 6.18 Å². The number of hydrogen-bond donors (Lipinski definition) is 1. The number of nitrogens with two attached hydrogens (primary N) is 1. The number of benzene rings is 1. The van der Waals surface area contributed by atoms with Crippen LogP contribution in [0.2, 0.25) is 0 Å². The first-order chi connectivity index (χ1) is 7.41. The van der Waals surface area contributed by atoms with E-state index < -0.39 is 11.7 Å². The van der Waals surface area contributed by atoms with Crippen LogP contribution in [0.5, 0.6) is 5.75 Å². The minimum Gasteiger partial charge on any atom is -0.493 e. The minimum atomic E-state index is -4.35. The lowest BCUT2D eigenvalue weighted by Gasteiger charge is -2.17. The van der Waals surface area contributed by atoms with Gasteiger partial charge in [0.1, 0.15) is 5.75 Å². The molecule has 0 spiro atoms. The number of ether oxygens (including phenoxy) is 1. The Morgan fingerprint density at radius 1 is 1.44 bits per heavy atom. The highest BCUT2D eigenvalue weighted by molar-refractivity contribution is 5.47. The van der Waals surface area contributed by atoms with Crippen LogP contribution in [0.15, 0.2) is 18.2 Å². The quantitative estimate of drug-likeness (QED) is 0.806. The van der Waals surface area contributed by atoms with Crippen molar-refractivity contribution >= 4 is 0 Å². The third-order valence-corrected chi connectivity index (χ3v) is 2.80. The van der Waals surface area contributed by atoms with E-state index in [1.807, 2.05) is 0 Å². The zero-order chi connectivity index (χ0) is 11.9. The molecule has 2 atom stereocenters. The number of rotatable bonds is 1. The van der Waals surface area contributed by atoms with Crippen molar-refractivity contribution < 1.29 is 17.9 Å². The van der Waals surface area contributed by atoms with Gasteiger partial charge in [-0.3, -0.25) is 0 Å². The molecular weight excluding hydrogens is 219 g/mol. The Morgan fingerprint density at radius 2 is 2.12 bits per heavy atom. The molecule has 0 saturated heterocycles. The Labute approximate surface area is 91.2 Å². The van der Waals surface area contributed by atoms with Gasteiger partial charge in [-0.05, 0) is 19.1 Å². The van der Waals surface area contributed by atoms with Gasteiger partial charge in [0.25, 0.3) is 0 Å². The van der Waals surface area contributed by atoms with Crippen molar-refractivity contribution in [3.63, 3.8) is 0 Å². The van der Waals surface area contributed by atoms with E-state index >= 15 is 0 Å². The van der Waals surface area contributed by atoms with E-state index in [0.29, 0.717) is 5.75 Å². The topological polar surface area (TPSA) is 35.2 Å². The SMILES string of the molecule is CC(N)C1COc2cccc(C(F)(F)F)c21. The van der Waals surface area contributed by atoms with Gasteiger partial charge in [-0.1, -0.05) is 6.07 Å². The van der Waals surface area contributed by atoms with Crippen LogP contribution in [0.25, 0.3) is 0 Å². The van der Waals surface area contributed by atoms with Gasteiger partial charge in [-0.25, -0.2) is 0 Å². The fourth-order valence-electron chi connectivity index (χ4n) is 1.98. The molecule has 1 heterocycles. The van der Waals surface area contributed by atoms with Gasteiger partial charge < -0.3 is 10.5 Å². The first-order valence-electron chi connectivity index (χ1n) is 4.99. The molecule has 88 valence electrons. The molecule has 2 nitrogen and oxygen atoms in total. The molecule has 1 aliphatic heterocycles. The van der Waals surface area contributed by atoms with E-state index in [-0.39, 0.29) is 24.1 Å². The first kappa shape index (κ1) is 11.3. The average Bonchev–Trinajstić information content (AvgIpc) is 2.58. The van der Waals surface area contributed by atoms with Gasteiger partial charge in [0.05, 0.1) is 12.2 Å². The van der Waals surface area contributed by atoms with Crippen molar-refractivity contribution in [2.45, 2.75) is 25.1 Å². The van der Waals surface area contributed by atoms with Crippen molar-refractivity contribution in [3.8, 4) is 5.75 Å². The van der Waals surface area contributed by atoms with Crippen LogP contribution in [0.1, 0.15) is 24.0 Å². The van der Waals surface area contributed by atoms with E-state index in [1.54, 1.807) is 13.0 Å². The smallest absolute Gasteiger partial charge is 0.416 e. The summed E-state index contributed by atoms with van der Waals surface area (Å²) in [5.74, 6) is -0.0787. The lowest BCUT2D eigenvalue weighted by Crippen LogP contribution is -2.27. The second kappa shape index (κ2) is 3.66. The third-order valence-electron chi connectivity index (χ3n) is 2.80. The van der Waals surface area contributed by atoms with Crippen LogP contribution in [-0.4, -0.2) is 12.6 Å². The summed E-state index contributed by atoms with van der Waals surface area (Å²) >= 11 is 0. The highest BCUT2D eigenvalue weighted by Crippen LogP contribution is 2.44. The van der Waals surface area contributed by atoms with Gasteiger partial charge in [0.2, 0.25) is 0 Å². The summed E-state index contributed by atoms with van der Waals surface area (Å²) in [7, 11) is 0. The molecule has 0 bridgehead atoms. The minimum absolute atomic E-state index is 0.199. The molecule has 5 heteroatoms. The Balaban J connectivity index is 2.54. The summed E-state index contributed by atoms with van der Waals surface area (Å²) in [5, 5.41) is 0. The maximum Gasteiger partial charge on any atom is 0.416 e. The zero-order valence-corrected chi connectivity index (χ0v) is 8.71. The van der Waals surface area contributed by atoms with E-state index in [9.17, 15) is 13.2 Å². The molecule has 2 rings (SSSR count). The zero-order valence-electron chi connectivity index (χ0n) is 8.71. The molecule has 0 aliphatic carbocycles. The van der Waals surface area contributed by atoms with Gasteiger partial charge in [0.15, 0.2) is 0 Å². The molecule has 1 aliphatic rings. The highest BCUT2D eigenvalue weighted by atomic mass is 19.4. The molecule has 0 radical (unpaired) electrons. The largest absolute Gasteiger partial charge is 0.493 e. The molecule has 0 fully saturated rings. The molecule has 0 amide bonds. The maximum absolute atomic E-state index is 12.8. The van der Waals surface area contributed by atoms with E-state index in [4.69, 9.17) is 10.5 Å². The van der Waals surface area contributed by atoms with Crippen molar-refractivity contribution in [1.29, 1.82) is 0 Å². The molecule has 2 N–H and O–H groups in total. The van der Waals surface area contributed by atoms with Crippen LogP contribution in [0.3, 0.4) is 0 Å². The summed E-state index contributed by atoms with van der Waals surface area (Å²) in [6.45, 7) is 1.91. The lowest BCUT2D eigenvalue weighted by atomic mass is 9.91. The van der Waals surface area contributed by atoms with E-state index in [2.05, 4.69) is 0 Å². The molecular formula is C11H12F3NO. The Hall–Kier alpha value is -1.23. The van der Waals surface area contributed by atoms with Crippen molar-refractivity contribution in [2.75, 3.05) is 6.61 Å².